The Hall–Kier alpha value is -2.64. The molecule has 0 fully saturated rings. The van der Waals surface area contributed by atoms with E-state index in [1.807, 2.05) is 49.1 Å². The molecule has 0 aliphatic rings. The van der Waals surface area contributed by atoms with Crippen LogP contribution in [0.1, 0.15) is 31.4 Å². The van der Waals surface area contributed by atoms with Crippen LogP contribution in [0.5, 0.6) is 0 Å². The molecule has 1 amide bonds. The van der Waals surface area contributed by atoms with Gasteiger partial charge < -0.3 is 5.32 Å². The highest BCUT2D eigenvalue weighted by molar-refractivity contribution is 6.30. The van der Waals surface area contributed by atoms with E-state index in [-0.39, 0.29) is 18.3 Å². The van der Waals surface area contributed by atoms with Crippen molar-refractivity contribution in [1.82, 2.24) is 9.88 Å². The van der Waals surface area contributed by atoms with Crippen LogP contribution in [-0.4, -0.2) is 28.4 Å². The summed E-state index contributed by atoms with van der Waals surface area (Å²) < 4.78 is 39.7. The Bertz CT molecular complexity index is 1070. The molecule has 0 bridgehead atoms. The number of amides is 1. The predicted octanol–water partition coefficient (Wildman–Crippen LogP) is 6.15. The number of nitrogens with zero attached hydrogens (tertiary/aromatic N) is 2. The summed E-state index contributed by atoms with van der Waals surface area (Å²) in [5.74, 6) is -0.526. The zero-order valence-electron chi connectivity index (χ0n) is 17.2. The molecule has 31 heavy (non-hydrogen) atoms. The van der Waals surface area contributed by atoms with E-state index in [2.05, 4.69) is 10.3 Å². The predicted molar refractivity (Wildman–Crippen MR) is 117 cm³/mol. The molecule has 1 N–H and O–H groups in total. The summed E-state index contributed by atoms with van der Waals surface area (Å²) in [6, 6.07) is 14.4. The van der Waals surface area contributed by atoms with E-state index < -0.39 is 17.6 Å². The number of carbonyl (C=O) groups excluding carboxylic acids is 1. The first-order valence-electron chi connectivity index (χ1n) is 9.93. The van der Waals surface area contributed by atoms with Gasteiger partial charge in [0.1, 0.15) is 5.15 Å². The molecule has 3 aromatic rings. The second-order valence-corrected chi connectivity index (χ2v) is 7.74. The average Bonchev–Trinajstić information content (AvgIpc) is 2.72. The smallest absolute Gasteiger partial charge is 0.324 e. The third kappa shape index (κ3) is 5.74. The van der Waals surface area contributed by atoms with E-state index in [0.717, 1.165) is 29.0 Å². The molecule has 1 atom stereocenters. The number of hydrogen-bond acceptors (Lipinski definition) is 3. The fourth-order valence-corrected chi connectivity index (χ4v) is 3.51. The lowest BCUT2D eigenvalue weighted by Gasteiger charge is -2.28. The van der Waals surface area contributed by atoms with Gasteiger partial charge in [0.2, 0.25) is 5.91 Å². The Morgan fingerprint density at radius 2 is 1.84 bits per heavy atom. The monoisotopic (exact) mass is 449 g/mol. The van der Waals surface area contributed by atoms with Crippen molar-refractivity contribution < 1.29 is 18.0 Å². The van der Waals surface area contributed by atoms with Crippen LogP contribution in [0.2, 0.25) is 5.15 Å². The summed E-state index contributed by atoms with van der Waals surface area (Å²) in [6.45, 7) is 4.21. The molecular weight excluding hydrogens is 427 g/mol. The molecule has 1 aromatic heterocycles. The van der Waals surface area contributed by atoms with E-state index in [1.165, 1.54) is 18.2 Å². The fourth-order valence-electron chi connectivity index (χ4n) is 3.31. The second-order valence-electron chi connectivity index (χ2n) is 7.38. The zero-order chi connectivity index (χ0) is 22.6. The highest BCUT2D eigenvalue weighted by Crippen LogP contribution is 2.34. The highest BCUT2D eigenvalue weighted by Gasteiger charge is 2.33. The van der Waals surface area contributed by atoms with E-state index in [9.17, 15) is 18.0 Å². The van der Waals surface area contributed by atoms with Crippen molar-refractivity contribution in [3.05, 3.63) is 70.9 Å². The van der Waals surface area contributed by atoms with Crippen molar-refractivity contribution >= 4 is 34.1 Å². The van der Waals surface area contributed by atoms with E-state index in [1.54, 1.807) is 0 Å². The number of alkyl halides is 3. The molecule has 4 nitrogen and oxygen atoms in total. The first-order chi connectivity index (χ1) is 14.7. The quantitative estimate of drug-likeness (QED) is 0.440. The van der Waals surface area contributed by atoms with Crippen LogP contribution in [0.4, 0.5) is 18.9 Å². The number of nitrogens with one attached hydrogen (secondary N) is 1. The van der Waals surface area contributed by atoms with Crippen LogP contribution in [-0.2, 0) is 17.5 Å². The number of fused-ring (bicyclic) bond motifs is 1. The van der Waals surface area contributed by atoms with Crippen LogP contribution in [0.15, 0.2) is 54.6 Å². The number of rotatable bonds is 7. The molecule has 164 valence electrons. The van der Waals surface area contributed by atoms with Crippen LogP contribution in [0.25, 0.3) is 10.9 Å². The van der Waals surface area contributed by atoms with Crippen molar-refractivity contribution in [2.24, 2.45) is 0 Å². The number of para-hydroxylation sites is 2. The Labute approximate surface area is 184 Å². The fraction of sp³-hybridized carbons (Fsp3) is 0.304. The third-order valence-electron chi connectivity index (χ3n) is 5.19. The van der Waals surface area contributed by atoms with Crippen LogP contribution in [0, 0.1) is 0 Å². The molecule has 0 saturated carbocycles. The van der Waals surface area contributed by atoms with Gasteiger partial charge in [0.15, 0.2) is 0 Å². The molecule has 0 aliphatic heterocycles. The first-order valence-corrected chi connectivity index (χ1v) is 10.3. The van der Waals surface area contributed by atoms with Gasteiger partial charge >= 0.3 is 6.18 Å². The summed E-state index contributed by atoms with van der Waals surface area (Å²) in [5.41, 5.74) is 0.395. The van der Waals surface area contributed by atoms with Gasteiger partial charge in [-0.3, -0.25) is 9.69 Å². The molecule has 0 saturated heterocycles. The molecule has 0 aliphatic carbocycles. The first kappa shape index (κ1) is 23.0. The number of anilines is 1. The van der Waals surface area contributed by atoms with Gasteiger partial charge in [0.25, 0.3) is 0 Å². The second kappa shape index (κ2) is 9.66. The van der Waals surface area contributed by atoms with Crippen molar-refractivity contribution in [2.45, 2.75) is 39.0 Å². The molecule has 3 rings (SSSR count). The standard InChI is InChI=1S/C23H23ClF3N3O/c1-3-15(2)30(13-17-12-16-8-4-6-10-19(16)29-22(17)24)14-21(31)28-20-11-7-5-9-18(20)23(25,26)27/h4-12,15H,3,13-14H2,1-2H3,(H,28,31)/t15-/m1/s1. The van der Waals surface area contributed by atoms with E-state index in [4.69, 9.17) is 11.6 Å². The number of aromatic nitrogens is 1. The van der Waals surface area contributed by atoms with Crippen LogP contribution < -0.4 is 5.32 Å². The van der Waals surface area contributed by atoms with Gasteiger partial charge in [-0.1, -0.05) is 48.9 Å². The van der Waals surface area contributed by atoms with Gasteiger partial charge in [0.05, 0.1) is 23.3 Å². The van der Waals surface area contributed by atoms with Crippen molar-refractivity contribution in [3.63, 3.8) is 0 Å². The minimum Gasteiger partial charge on any atom is -0.324 e. The lowest BCUT2D eigenvalue weighted by atomic mass is 10.1. The summed E-state index contributed by atoms with van der Waals surface area (Å²) in [5, 5.41) is 3.68. The minimum absolute atomic E-state index is 0.00569. The molecule has 0 radical (unpaired) electrons. The van der Waals surface area contributed by atoms with Gasteiger partial charge in [-0.25, -0.2) is 4.98 Å². The molecular formula is C23H23ClF3N3O. The molecule has 0 spiro atoms. The van der Waals surface area contributed by atoms with Gasteiger partial charge in [-0.15, -0.1) is 0 Å². The van der Waals surface area contributed by atoms with E-state index in [0.29, 0.717) is 11.7 Å². The minimum atomic E-state index is -4.55. The highest BCUT2D eigenvalue weighted by atomic mass is 35.5. The summed E-state index contributed by atoms with van der Waals surface area (Å²) >= 11 is 6.37. The molecule has 2 aromatic carbocycles. The number of benzene rings is 2. The normalized spacial score (nSPS) is 12.9. The summed E-state index contributed by atoms with van der Waals surface area (Å²) in [6.07, 6.45) is -3.80. The average molecular weight is 450 g/mol. The number of halogens is 4. The van der Waals surface area contributed by atoms with E-state index >= 15 is 0 Å². The SMILES string of the molecule is CC[C@@H](C)N(CC(=O)Nc1ccccc1C(F)(F)F)Cc1cc2ccccc2nc1Cl. The third-order valence-corrected chi connectivity index (χ3v) is 5.52. The molecule has 1 heterocycles. The number of carbonyl (C=O) groups is 1. The summed E-state index contributed by atoms with van der Waals surface area (Å²) in [4.78, 5) is 18.9. The van der Waals surface area contributed by atoms with Gasteiger partial charge in [-0.2, -0.15) is 13.2 Å². The lowest BCUT2D eigenvalue weighted by Crippen LogP contribution is -2.39. The number of pyridine rings is 1. The van der Waals surface area contributed by atoms with Crippen molar-refractivity contribution in [2.75, 3.05) is 11.9 Å². The van der Waals surface area contributed by atoms with Crippen molar-refractivity contribution in [3.8, 4) is 0 Å². The molecule has 0 unspecified atom stereocenters. The Morgan fingerprint density at radius 1 is 1.16 bits per heavy atom. The largest absolute Gasteiger partial charge is 0.418 e. The lowest BCUT2D eigenvalue weighted by molar-refractivity contribution is -0.137. The van der Waals surface area contributed by atoms with Crippen LogP contribution in [0.3, 0.4) is 0 Å². The maximum absolute atomic E-state index is 13.2. The Morgan fingerprint density at radius 3 is 2.55 bits per heavy atom. The topological polar surface area (TPSA) is 45.2 Å². The van der Waals surface area contributed by atoms with Gasteiger partial charge in [0, 0.05) is 23.5 Å². The summed E-state index contributed by atoms with van der Waals surface area (Å²) in [7, 11) is 0. The maximum atomic E-state index is 13.2. The Kier molecular flexibility index (Phi) is 7.18. The number of hydrogen-bond donors (Lipinski definition) is 1. The maximum Gasteiger partial charge on any atom is 0.418 e. The zero-order valence-corrected chi connectivity index (χ0v) is 18.0. The van der Waals surface area contributed by atoms with Gasteiger partial charge in [-0.05, 0) is 37.6 Å². The van der Waals surface area contributed by atoms with Crippen LogP contribution >= 0.6 is 11.6 Å². The van der Waals surface area contributed by atoms with Crippen molar-refractivity contribution in [1.29, 1.82) is 0 Å². The molecule has 8 heteroatoms. The Balaban J connectivity index is 1.80.